The highest BCUT2D eigenvalue weighted by Crippen LogP contribution is 2.39. The molecule has 0 aliphatic carbocycles. The van der Waals surface area contributed by atoms with Crippen LogP contribution in [0.2, 0.25) is 5.02 Å². The minimum absolute atomic E-state index is 0.279. The Labute approximate surface area is 176 Å². The first-order valence-electron chi connectivity index (χ1n) is 9.56. The van der Waals surface area contributed by atoms with Gasteiger partial charge in [-0.05, 0) is 57.0 Å². The molecule has 1 amide bonds. The van der Waals surface area contributed by atoms with E-state index in [-0.39, 0.29) is 12.5 Å². The molecule has 0 aliphatic heterocycles. The molecule has 1 heterocycles. The topological polar surface area (TPSA) is 74.3 Å². The number of aliphatic hydroxyl groups excluding tert-OH is 1. The van der Waals surface area contributed by atoms with Gasteiger partial charge >= 0.3 is 6.09 Å². The molecule has 6 heteroatoms. The third-order valence-corrected chi connectivity index (χ3v) is 5.14. The highest BCUT2D eigenvalue weighted by atomic mass is 35.5. The van der Waals surface area contributed by atoms with Crippen molar-refractivity contribution in [2.24, 2.45) is 0 Å². The highest BCUT2D eigenvalue weighted by molar-refractivity contribution is 6.30. The van der Waals surface area contributed by atoms with Gasteiger partial charge in [0.2, 0.25) is 0 Å². The zero-order valence-electron chi connectivity index (χ0n) is 17.1. The summed E-state index contributed by atoms with van der Waals surface area (Å²) < 4.78 is 5.46. The number of H-pyrrole nitrogens is 1. The molecule has 2 aromatic carbocycles. The molecular weight excluding hydrogens is 388 g/mol. The molecule has 1 aromatic heterocycles. The van der Waals surface area contributed by atoms with Crippen molar-refractivity contribution in [2.45, 2.75) is 44.8 Å². The lowest BCUT2D eigenvalue weighted by atomic mass is 9.76. The minimum atomic E-state index is -1.01. The molecule has 0 saturated carbocycles. The van der Waals surface area contributed by atoms with Crippen LogP contribution < -0.4 is 5.32 Å². The van der Waals surface area contributed by atoms with E-state index in [4.69, 9.17) is 16.3 Å². The smallest absolute Gasteiger partial charge is 0.408 e. The number of nitrogens with one attached hydrogen (secondary N) is 2. The zero-order chi connectivity index (χ0) is 21.2. The quantitative estimate of drug-likeness (QED) is 0.535. The van der Waals surface area contributed by atoms with Gasteiger partial charge in [-0.1, -0.05) is 41.9 Å². The normalized spacial score (nSPS) is 15.0. The molecule has 3 rings (SSSR count). The summed E-state index contributed by atoms with van der Waals surface area (Å²) in [5.74, 6) is -0.339. The number of benzene rings is 2. The number of para-hydroxylation sites is 1. The first-order valence-corrected chi connectivity index (χ1v) is 9.94. The molecule has 3 N–H and O–H groups in total. The lowest BCUT2D eigenvalue weighted by molar-refractivity contribution is 0.0398. The van der Waals surface area contributed by atoms with E-state index in [0.29, 0.717) is 5.02 Å². The van der Waals surface area contributed by atoms with Crippen LogP contribution in [0.25, 0.3) is 10.9 Å². The maximum Gasteiger partial charge on any atom is 0.408 e. The average Bonchev–Trinajstić information content (AvgIpc) is 3.05. The second-order valence-electron chi connectivity index (χ2n) is 8.48. The maximum atomic E-state index is 12.6. The first-order chi connectivity index (χ1) is 13.6. The molecule has 3 aromatic rings. The number of aliphatic hydroxyl groups is 1. The number of hydrogen-bond donors (Lipinski definition) is 3. The van der Waals surface area contributed by atoms with Gasteiger partial charge < -0.3 is 20.1 Å². The van der Waals surface area contributed by atoms with Crippen LogP contribution >= 0.6 is 11.6 Å². The maximum absolute atomic E-state index is 12.6. The summed E-state index contributed by atoms with van der Waals surface area (Å²) in [6.07, 6.45) is 1.35. The molecule has 154 valence electrons. The summed E-state index contributed by atoms with van der Waals surface area (Å²) >= 11 is 6.10. The Morgan fingerprint density at radius 1 is 1.14 bits per heavy atom. The van der Waals surface area contributed by atoms with E-state index >= 15 is 0 Å². The minimum Gasteiger partial charge on any atom is -0.444 e. The highest BCUT2D eigenvalue weighted by Gasteiger charge is 2.39. The number of ether oxygens (including phenoxy) is 1. The number of aromatic nitrogens is 1. The number of halogens is 1. The van der Waals surface area contributed by atoms with E-state index in [2.05, 4.69) is 10.3 Å². The number of aromatic amines is 1. The molecule has 0 radical (unpaired) electrons. The average molecular weight is 415 g/mol. The van der Waals surface area contributed by atoms with Crippen LogP contribution in [-0.4, -0.2) is 33.9 Å². The van der Waals surface area contributed by atoms with Gasteiger partial charge in [0.15, 0.2) is 0 Å². The van der Waals surface area contributed by atoms with Crippen LogP contribution in [0.4, 0.5) is 4.79 Å². The van der Waals surface area contributed by atoms with Crippen molar-refractivity contribution in [3.63, 3.8) is 0 Å². The SMILES string of the molecule is CC(C)(C)OC(=O)N[C@@](C)(CO)[C@H](c1ccc(Cl)cc1)c1c[nH]c2ccccc12. The molecule has 0 fully saturated rings. The molecular formula is C23H27ClN2O3. The number of carbonyl (C=O) groups excluding carboxylic acids is 1. The Morgan fingerprint density at radius 3 is 2.41 bits per heavy atom. The zero-order valence-corrected chi connectivity index (χ0v) is 17.9. The van der Waals surface area contributed by atoms with Gasteiger partial charge in [0, 0.05) is 28.0 Å². The molecule has 0 saturated heterocycles. The standard InChI is InChI=1S/C23H27ClN2O3/c1-22(2,3)29-21(28)26-23(4,14-27)20(15-9-11-16(24)12-10-15)18-13-25-19-8-6-5-7-17(18)19/h5-13,20,25,27H,14H2,1-4H3,(H,26,28)/t20-,23+/m1/s1. The van der Waals surface area contributed by atoms with Crippen LogP contribution in [0.3, 0.4) is 0 Å². The second kappa shape index (κ2) is 8.09. The van der Waals surface area contributed by atoms with E-state index in [1.165, 1.54) is 0 Å². The van der Waals surface area contributed by atoms with Crippen molar-refractivity contribution >= 4 is 28.6 Å². The molecule has 0 bridgehead atoms. The molecule has 0 aliphatic rings. The third-order valence-electron chi connectivity index (χ3n) is 4.89. The van der Waals surface area contributed by atoms with Crippen LogP contribution in [0.1, 0.15) is 44.7 Å². The Kier molecular flexibility index (Phi) is 5.92. The van der Waals surface area contributed by atoms with Gasteiger partial charge in [0.25, 0.3) is 0 Å². The molecule has 5 nitrogen and oxygen atoms in total. The van der Waals surface area contributed by atoms with Crippen LogP contribution in [0, 0.1) is 0 Å². The summed E-state index contributed by atoms with van der Waals surface area (Å²) in [6, 6.07) is 15.4. The Hall–Kier alpha value is -2.50. The summed E-state index contributed by atoms with van der Waals surface area (Å²) in [4.78, 5) is 15.9. The van der Waals surface area contributed by atoms with Crippen LogP contribution in [0.5, 0.6) is 0 Å². The van der Waals surface area contributed by atoms with Crippen LogP contribution in [-0.2, 0) is 4.74 Å². The van der Waals surface area contributed by atoms with Crippen LogP contribution in [0.15, 0.2) is 54.7 Å². The molecule has 2 atom stereocenters. The molecule has 0 spiro atoms. The van der Waals surface area contributed by atoms with Gasteiger partial charge in [-0.3, -0.25) is 0 Å². The van der Waals surface area contributed by atoms with E-state index in [0.717, 1.165) is 22.0 Å². The summed E-state index contributed by atoms with van der Waals surface area (Å²) in [7, 11) is 0. The monoisotopic (exact) mass is 414 g/mol. The van der Waals surface area contributed by atoms with E-state index < -0.39 is 17.2 Å². The van der Waals surface area contributed by atoms with Gasteiger partial charge in [-0.15, -0.1) is 0 Å². The van der Waals surface area contributed by atoms with Crippen molar-refractivity contribution in [3.8, 4) is 0 Å². The fourth-order valence-corrected chi connectivity index (χ4v) is 3.74. The fraction of sp³-hybridized carbons (Fsp3) is 0.348. The predicted molar refractivity (Wildman–Crippen MR) is 116 cm³/mol. The Balaban J connectivity index is 2.10. The van der Waals surface area contributed by atoms with E-state index in [9.17, 15) is 9.90 Å². The third kappa shape index (κ3) is 4.74. The number of fused-ring (bicyclic) bond motifs is 1. The number of hydrogen-bond acceptors (Lipinski definition) is 3. The van der Waals surface area contributed by atoms with E-state index in [1.54, 1.807) is 20.8 Å². The molecule has 29 heavy (non-hydrogen) atoms. The number of alkyl carbamates (subject to hydrolysis) is 1. The van der Waals surface area contributed by atoms with Gasteiger partial charge in [0.1, 0.15) is 5.60 Å². The van der Waals surface area contributed by atoms with Crippen molar-refractivity contribution in [2.75, 3.05) is 6.61 Å². The Morgan fingerprint density at radius 2 is 1.79 bits per heavy atom. The van der Waals surface area contributed by atoms with Gasteiger partial charge in [0.05, 0.1) is 12.1 Å². The van der Waals surface area contributed by atoms with Crippen molar-refractivity contribution in [1.82, 2.24) is 10.3 Å². The van der Waals surface area contributed by atoms with Crippen molar-refractivity contribution in [1.29, 1.82) is 0 Å². The number of carbonyl (C=O) groups is 1. The largest absolute Gasteiger partial charge is 0.444 e. The first kappa shape index (κ1) is 21.2. The number of amides is 1. The predicted octanol–water partition coefficient (Wildman–Crippen LogP) is 5.23. The Bertz CT molecular complexity index is 991. The van der Waals surface area contributed by atoms with Gasteiger partial charge in [-0.25, -0.2) is 4.79 Å². The summed E-state index contributed by atoms with van der Waals surface area (Å²) in [6.45, 7) is 6.95. The van der Waals surface area contributed by atoms with Crippen molar-refractivity contribution < 1.29 is 14.6 Å². The summed E-state index contributed by atoms with van der Waals surface area (Å²) in [5.41, 5.74) is 1.22. The van der Waals surface area contributed by atoms with Gasteiger partial charge in [-0.2, -0.15) is 0 Å². The lowest BCUT2D eigenvalue weighted by Gasteiger charge is -2.38. The summed E-state index contributed by atoms with van der Waals surface area (Å²) in [5, 5.41) is 14.9. The fourth-order valence-electron chi connectivity index (χ4n) is 3.62. The van der Waals surface area contributed by atoms with E-state index in [1.807, 2.05) is 61.7 Å². The molecule has 0 unspecified atom stereocenters. The number of rotatable bonds is 5. The second-order valence-corrected chi connectivity index (χ2v) is 8.91. The van der Waals surface area contributed by atoms with Crippen molar-refractivity contribution in [3.05, 3.63) is 70.9 Å². The lowest BCUT2D eigenvalue weighted by Crippen LogP contribution is -2.54.